The summed E-state index contributed by atoms with van der Waals surface area (Å²) >= 11 is 5.79. The maximum Gasteiger partial charge on any atom is 0.262 e. The van der Waals surface area contributed by atoms with Gasteiger partial charge in [-0.25, -0.2) is 4.39 Å². The predicted molar refractivity (Wildman–Crippen MR) is 76.7 cm³/mol. The zero-order valence-corrected chi connectivity index (χ0v) is 11.5. The number of anilines is 1. The monoisotopic (exact) mass is 304 g/mol. The minimum atomic E-state index is -0.689. The molecule has 21 heavy (non-hydrogen) atoms. The molecule has 2 aromatic rings. The van der Waals surface area contributed by atoms with E-state index in [-0.39, 0.29) is 17.9 Å². The molecule has 0 bridgehead atoms. The molecule has 0 heterocycles. The zero-order chi connectivity index (χ0) is 15.2. The Balaban J connectivity index is 2.00. The summed E-state index contributed by atoms with van der Waals surface area (Å²) in [5.41, 5.74) is -0.106. The third-order valence-corrected chi connectivity index (χ3v) is 2.80. The van der Waals surface area contributed by atoms with Gasteiger partial charge in [-0.15, -0.1) is 0 Å². The van der Waals surface area contributed by atoms with Crippen molar-refractivity contribution in [2.24, 2.45) is 0 Å². The van der Waals surface area contributed by atoms with Crippen LogP contribution in [0.4, 0.5) is 10.1 Å². The Kier molecular flexibility index (Phi) is 4.75. The van der Waals surface area contributed by atoms with Crippen LogP contribution in [0.15, 0.2) is 42.5 Å². The lowest BCUT2D eigenvalue weighted by molar-refractivity contribution is -0.118. The number of nitriles is 1. The summed E-state index contributed by atoms with van der Waals surface area (Å²) in [5.74, 6) is -0.750. The molecule has 0 spiro atoms. The van der Waals surface area contributed by atoms with Gasteiger partial charge in [0.25, 0.3) is 5.91 Å². The fraction of sp³-hybridized carbons (Fsp3) is 0.0667. The number of rotatable bonds is 4. The highest BCUT2D eigenvalue weighted by molar-refractivity contribution is 6.30. The van der Waals surface area contributed by atoms with Crippen LogP contribution in [0, 0.1) is 17.1 Å². The van der Waals surface area contributed by atoms with E-state index in [4.69, 9.17) is 21.6 Å². The first-order chi connectivity index (χ1) is 10.1. The van der Waals surface area contributed by atoms with Gasteiger partial charge in [0.15, 0.2) is 6.61 Å². The predicted octanol–water partition coefficient (Wildman–Crippen LogP) is 3.37. The van der Waals surface area contributed by atoms with Gasteiger partial charge in [0.05, 0.1) is 5.69 Å². The van der Waals surface area contributed by atoms with Crippen molar-refractivity contribution in [3.8, 4) is 11.8 Å². The van der Waals surface area contributed by atoms with E-state index in [0.29, 0.717) is 10.8 Å². The van der Waals surface area contributed by atoms with Gasteiger partial charge in [0.2, 0.25) is 0 Å². The average Bonchev–Trinajstić information content (AvgIpc) is 2.45. The van der Waals surface area contributed by atoms with Crippen molar-refractivity contribution in [2.75, 3.05) is 11.9 Å². The lowest BCUT2D eigenvalue weighted by Crippen LogP contribution is -2.20. The number of carbonyl (C=O) groups is 1. The van der Waals surface area contributed by atoms with E-state index >= 15 is 0 Å². The van der Waals surface area contributed by atoms with Crippen LogP contribution in [0.25, 0.3) is 0 Å². The molecule has 1 N–H and O–H groups in total. The van der Waals surface area contributed by atoms with E-state index < -0.39 is 11.7 Å². The maximum atomic E-state index is 13.4. The summed E-state index contributed by atoms with van der Waals surface area (Å²) in [6.07, 6.45) is 0. The van der Waals surface area contributed by atoms with Gasteiger partial charge >= 0.3 is 0 Å². The molecule has 0 atom stereocenters. The lowest BCUT2D eigenvalue weighted by atomic mass is 10.2. The minimum Gasteiger partial charge on any atom is -0.484 e. The first kappa shape index (κ1) is 14.8. The first-order valence-corrected chi connectivity index (χ1v) is 6.35. The highest BCUT2D eigenvalue weighted by Crippen LogP contribution is 2.19. The van der Waals surface area contributed by atoms with Gasteiger partial charge in [0.1, 0.15) is 23.2 Å². The molecule has 0 fully saturated rings. The highest BCUT2D eigenvalue weighted by Gasteiger charge is 2.11. The van der Waals surface area contributed by atoms with Gasteiger partial charge in [0, 0.05) is 5.02 Å². The Morgan fingerprint density at radius 1 is 1.33 bits per heavy atom. The van der Waals surface area contributed by atoms with E-state index in [9.17, 15) is 9.18 Å². The van der Waals surface area contributed by atoms with Gasteiger partial charge in [-0.05, 0) is 30.3 Å². The van der Waals surface area contributed by atoms with E-state index in [1.807, 2.05) is 0 Å². The van der Waals surface area contributed by atoms with Crippen molar-refractivity contribution >= 4 is 23.2 Å². The van der Waals surface area contributed by atoms with Crippen LogP contribution in [-0.4, -0.2) is 12.5 Å². The van der Waals surface area contributed by atoms with Crippen molar-refractivity contribution in [1.82, 2.24) is 0 Å². The topological polar surface area (TPSA) is 62.1 Å². The smallest absolute Gasteiger partial charge is 0.262 e. The molecule has 6 heteroatoms. The second-order valence-electron chi connectivity index (χ2n) is 4.07. The summed E-state index contributed by atoms with van der Waals surface area (Å²) in [4.78, 5) is 11.7. The van der Waals surface area contributed by atoms with Crippen molar-refractivity contribution in [1.29, 1.82) is 5.26 Å². The van der Waals surface area contributed by atoms with Crippen molar-refractivity contribution in [2.45, 2.75) is 0 Å². The van der Waals surface area contributed by atoms with Crippen LogP contribution in [0.1, 0.15) is 5.56 Å². The molecule has 0 radical (unpaired) electrons. The van der Waals surface area contributed by atoms with Crippen molar-refractivity contribution in [3.05, 3.63) is 58.9 Å². The highest BCUT2D eigenvalue weighted by atomic mass is 35.5. The summed E-state index contributed by atoms with van der Waals surface area (Å²) in [7, 11) is 0. The van der Waals surface area contributed by atoms with Crippen molar-refractivity contribution < 1.29 is 13.9 Å². The second kappa shape index (κ2) is 6.73. The maximum absolute atomic E-state index is 13.4. The molecule has 0 saturated heterocycles. The molecule has 0 unspecified atom stereocenters. The zero-order valence-electron chi connectivity index (χ0n) is 10.8. The largest absolute Gasteiger partial charge is 0.484 e. The number of hydrogen-bond acceptors (Lipinski definition) is 3. The van der Waals surface area contributed by atoms with E-state index in [1.165, 1.54) is 12.1 Å². The molecule has 0 aliphatic rings. The summed E-state index contributed by atoms with van der Waals surface area (Å²) in [6.45, 7) is -0.276. The Hall–Kier alpha value is -2.58. The molecule has 0 aromatic heterocycles. The molecular weight excluding hydrogens is 295 g/mol. The minimum absolute atomic E-state index is 0.109. The molecule has 2 aromatic carbocycles. The van der Waals surface area contributed by atoms with Crippen LogP contribution in [0.5, 0.6) is 5.75 Å². The SMILES string of the molecule is N#Cc1c(F)cccc1NC(=O)COc1cccc(Cl)c1. The first-order valence-electron chi connectivity index (χ1n) is 5.97. The fourth-order valence-electron chi connectivity index (χ4n) is 1.63. The van der Waals surface area contributed by atoms with E-state index in [2.05, 4.69) is 5.32 Å². The number of benzene rings is 2. The van der Waals surface area contributed by atoms with Gasteiger partial charge < -0.3 is 10.1 Å². The molecular formula is C15H10ClFN2O2. The van der Waals surface area contributed by atoms with Crippen LogP contribution >= 0.6 is 11.6 Å². The van der Waals surface area contributed by atoms with Gasteiger partial charge in [-0.2, -0.15) is 5.26 Å². The number of hydrogen-bond donors (Lipinski definition) is 1. The normalized spacial score (nSPS) is 9.76. The van der Waals surface area contributed by atoms with Crippen molar-refractivity contribution in [3.63, 3.8) is 0 Å². The summed E-state index contributed by atoms with van der Waals surface area (Å²) < 4.78 is 18.6. The Labute approximate surface area is 125 Å². The molecule has 0 aliphatic carbocycles. The molecule has 0 aliphatic heterocycles. The van der Waals surface area contributed by atoms with Crippen LogP contribution < -0.4 is 10.1 Å². The average molecular weight is 305 g/mol. The van der Waals surface area contributed by atoms with E-state index in [1.54, 1.807) is 30.3 Å². The Bertz CT molecular complexity index is 713. The number of amides is 1. The quantitative estimate of drug-likeness (QED) is 0.942. The van der Waals surface area contributed by atoms with Crippen LogP contribution in [0.2, 0.25) is 5.02 Å². The lowest BCUT2D eigenvalue weighted by Gasteiger charge is -2.09. The number of ether oxygens (including phenoxy) is 1. The van der Waals surface area contributed by atoms with E-state index in [0.717, 1.165) is 6.07 Å². The number of carbonyl (C=O) groups excluding carboxylic acids is 1. The number of nitrogens with one attached hydrogen (secondary N) is 1. The molecule has 0 saturated carbocycles. The number of halogens is 2. The Morgan fingerprint density at radius 3 is 2.81 bits per heavy atom. The van der Waals surface area contributed by atoms with Crippen LogP contribution in [0.3, 0.4) is 0 Å². The van der Waals surface area contributed by atoms with Crippen LogP contribution in [-0.2, 0) is 4.79 Å². The Morgan fingerprint density at radius 2 is 2.10 bits per heavy atom. The molecule has 2 rings (SSSR count). The molecule has 106 valence electrons. The number of nitrogens with zero attached hydrogens (tertiary/aromatic N) is 1. The molecule has 4 nitrogen and oxygen atoms in total. The fourth-order valence-corrected chi connectivity index (χ4v) is 1.81. The third kappa shape index (κ3) is 3.94. The van der Waals surface area contributed by atoms with Gasteiger partial charge in [-0.1, -0.05) is 23.7 Å². The van der Waals surface area contributed by atoms with Gasteiger partial charge in [-0.3, -0.25) is 4.79 Å². The summed E-state index contributed by atoms with van der Waals surface area (Å²) in [6, 6.07) is 12.3. The third-order valence-electron chi connectivity index (χ3n) is 2.57. The second-order valence-corrected chi connectivity index (χ2v) is 4.50. The standard InChI is InChI=1S/C15H10ClFN2O2/c16-10-3-1-4-11(7-10)21-9-15(20)19-14-6-2-5-13(17)12(14)8-18/h1-7H,9H2,(H,19,20). The summed E-state index contributed by atoms with van der Waals surface area (Å²) in [5, 5.41) is 11.8. The molecule has 1 amide bonds.